The first-order valence-corrected chi connectivity index (χ1v) is 11.9. The zero-order chi connectivity index (χ0) is 25.8. The average molecular weight is 509 g/mol. The Kier molecular flexibility index (Phi) is 7.60. The third-order valence-corrected chi connectivity index (χ3v) is 5.23. The molecule has 0 saturated heterocycles. The highest BCUT2D eigenvalue weighted by Crippen LogP contribution is 2.31. The van der Waals surface area contributed by atoms with Crippen molar-refractivity contribution in [2.24, 2.45) is 0 Å². The second-order valence-corrected chi connectivity index (χ2v) is 9.74. The van der Waals surface area contributed by atoms with Crippen molar-refractivity contribution < 1.29 is 36.2 Å². The van der Waals surface area contributed by atoms with Gasteiger partial charge >= 0.3 is 6.61 Å². The van der Waals surface area contributed by atoms with Gasteiger partial charge in [-0.3, -0.25) is 14.5 Å². The van der Waals surface area contributed by atoms with Crippen molar-refractivity contribution in [1.29, 1.82) is 0 Å². The molecule has 0 radical (unpaired) electrons. The number of amides is 1. The molecule has 13 heteroatoms. The van der Waals surface area contributed by atoms with Crippen LogP contribution in [0.5, 0.6) is 17.2 Å². The third-order valence-electron chi connectivity index (χ3n) is 4.23. The number of nitrogens with one attached hydrogen (secondary N) is 1. The number of aryl methyl sites for hydroxylation is 1. The number of ether oxygens (including phenoxy) is 3. The Bertz CT molecular complexity index is 1300. The van der Waals surface area contributed by atoms with Crippen LogP contribution in [-0.4, -0.2) is 47.9 Å². The Morgan fingerprint density at radius 1 is 1.00 bits per heavy atom. The van der Waals surface area contributed by atoms with Crippen LogP contribution in [0, 0.1) is 6.92 Å². The van der Waals surface area contributed by atoms with Crippen molar-refractivity contribution in [3.63, 3.8) is 0 Å². The second-order valence-electron chi connectivity index (χ2n) is 7.78. The number of aromatic nitrogens is 3. The van der Waals surface area contributed by atoms with E-state index in [1.54, 1.807) is 6.92 Å². The van der Waals surface area contributed by atoms with Crippen LogP contribution in [0.3, 0.4) is 0 Å². The monoisotopic (exact) mass is 508 g/mol. The standard InChI is InChI=1S/C22H22F2N4O6S/c1-13-10-26-18(12-25-13)28-20(29)14-7-16(9-17(8-14)33-22(2,3)34-21(23)24)32-15-5-6-19(27-11-15)35(4,30)31/h5-12,21H,1-4H3,(H,26,28,29). The van der Waals surface area contributed by atoms with Crippen molar-refractivity contribution in [3.05, 3.63) is 60.2 Å². The van der Waals surface area contributed by atoms with Crippen LogP contribution in [0.1, 0.15) is 29.9 Å². The molecule has 2 heterocycles. The summed E-state index contributed by atoms with van der Waals surface area (Å²) in [5.74, 6) is -1.90. The number of carbonyl (C=O) groups excluding carboxylic acids is 1. The molecule has 0 aliphatic rings. The van der Waals surface area contributed by atoms with E-state index in [2.05, 4.69) is 25.0 Å². The van der Waals surface area contributed by atoms with Gasteiger partial charge in [-0.25, -0.2) is 18.4 Å². The minimum absolute atomic E-state index is 0.00555. The smallest absolute Gasteiger partial charge is 0.348 e. The van der Waals surface area contributed by atoms with E-state index < -0.39 is 28.1 Å². The predicted molar refractivity (Wildman–Crippen MR) is 120 cm³/mol. The molecule has 0 aliphatic carbocycles. The fourth-order valence-corrected chi connectivity index (χ4v) is 3.33. The molecule has 35 heavy (non-hydrogen) atoms. The Hall–Kier alpha value is -3.71. The summed E-state index contributed by atoms with van der Waals surface area (Å²) >= 11 is 0. The Morgan fingerprint density at radius 2 is 1.71 bits per heavy atom. The Labute approximate surface area is 200 Å². The topological polar surface area (TPSA) is 130 Å². The van der Waals surface area contributed by atoms with E-state index in [0.717, 1.165) is 6.26 Å². The van der Waals surface area contributed by atoms with Crippen molar-refractivity contribution >= 4 is 21.6 Å². The number of anilines is 1. The number of alkyl halides is 2. The predicted octanol–water partition coefficient (Wildman–Crippen LogP) is 3.98. The van der Waals surface area contributed by atoms with E-state index in [9.17, 15) is 22.0 Å². The van der Waals surface area contributed by atoms with Gasteiger partial charge in [-0.15, -0.1) is 0 Å². The molecule has 0 atom stereocenters. The van der Waals surface area contributed by atoms with Crippen LogP contribution < -0.4 is 14.8 Å². The van der Waals surface area contributed by atoms with E-state index in [-0.39, 0.29) is 33.7 Å². The average Bonchev–Trinajstić information content (AvgIpc) is 2.73. The summed E-state index contributed by atoms with van der Waals surface area (Å²) in [6, 6.07) is 6.67. The third kappa shape index (κ3) is 7.65. The van der Waals surface area contributed by atoms with E-state index in [1.165, 1.54) is 62.8 Å². The molecule has 3 aromatic rings. The first-order chi connectivity index (χ1) is 16.3. The number of pyridine rings is 1. The summed E-state index contributed by atoms with van der Waals surface area (Å²) in [5.41, 5.74) is 0.708. The molecular formula is C22H22F2N4O6S. The summed E-state index contributed by atoms with van der Waals surface area (Å²) in [6.07, 6.45) is 5.05. The summed E-state index contributed by atoms with van der Waals surface area (Å²) < 4.78 is 64.4. The van der Waals surface area contributed by atoms with Gasteiger partial charge in [0.2, 0.25) is 5.79 Å². The lowest BCUT2D eigenvalue weighted by Crippen LogP contribution is -2.34. The van der Waals surface area contributed by atoms with E-state index in [0.29, 0.717) is 5.69 Å². The maximum Gasteiger partial charge on any atom is 0.348 e. The first-order valence-electron chi connectivity index (χ1n) is 10.0. The maximum atomic E-state index is 12.8. The van der Waals surface area contributed by atoms with Crippen molar-refractivity contribution in [3.8, 4) is 17.2 Å². The second kappa shape index (κ2) is 10.3. The first kappa shape index (κ1) is 25.9. The number of hydrogen-bond acceptors (Lipinski definition) is 9. The molecule has 3 rings (SSSR count). The number of halogens is 2. The number of nitrogens with zero attached hydrogens (tertiary/aromatic N) is 3. The van der Waals surface area contributed by atoms with Crippen LogP contribution in [0.4, 0.5) is 14.6 Å². The highest BCUT2D eigenvalue weighted by atomic mass is 32.2. The molecule has 2 aromatic heterocycles. The SMILES string of the molecule is Cc1cnc(NC(=O)c2cc(Oc3ccc(S(C)(=O)=O)nc3)cc(OC(C)(C)OC(F)F)c2)cn1. The van der Waals surface area contributed by atoms with Crippen molar-refractivity contribution in [2.45, 2.75) is 38.2 Å². The summed E-state index contributed by atoms with van der Waals surface area (Å²) in [5, 5.41) is 2.42. The van der Waals surface area contributed by atoms with Gasteiger partial charge in [0.15, 0.2) is 20.7 Å². The Morgan fingerprint density at radius 3 is 2.29 bits per heavy atom. The van der Waals surface area contributed by atoms with Gasteiger partial charge in [0.05, 0.1) is 24.3 Å². The summed E-state index contributed by atoms with van der Waals surface area (Å²) in [6.45, 7) is 1.21. The van der Waals surface area contributed by atoms with E-state index in [1.807, 2.05) is 0 Å². The molecule has 1 amide bonds. The molecule has 0 aliphatic heterocycles. The van der Waals surface area contributed by atoms with Crippen LogP contribution in [0.15, 0.2) is 53.9 Å². The van der Waals surface area contributed by atoms with Gasteiger partial charge in [0.25, 0.3) is 5.91 Å². The largest absolute Gasteiger partial charge is 0.463 e. The van der Waals surface area contributed by atoms with Gasteiger partial charge in [-0.05, 0) is 31.2 Å². The van der Waals surface area contributed by atoms with Crippen molar-refractivity contribution in [2.75, 3.05) is 11.6 Å². The van der Waals surface area contributed by atoms with Crippen molar-refractivity contribution in [1.82, 2.24) is 15.0 Å². The van der Waals surface area contributed by atoms with Gasteiger partial charge in [-0.1, -0.05) is 0 Å². The van der Waals surface area contributed by atoms with Gasteiger partial charge < -0.3 is 14.8 Å². The lowest BCUT2D eigenvalue weighted by molar-refractivity contribution is -0.264. The molecule has 0 saturated carbocycles. The number of rotatable bonds is 9. The molecule has 0 bridgehead atoms. The fraction of sp³-hybridized carbons (Fsp3) is 0.273. The van der Waals surface area contributed by atoms with Gasteiger partial charge in [0, 0.05) is 31.7 Å². The number of hydrogen-bond donors (Lipinski definition) is 1. The van der Waals surface area contributed by atoms with Gasteiger partial charge in [-0.2, -0.15) is 8.78 Å². The molecule has 0 spiro atoms. The maximum absolute atomic E-state index is 12.8. The molecule has 1 N–H and O–H groups in total. The minimum atomic E-state index is -3.51. The minimum Gasteiger partial charge on any atom is -0.463 e. The van der Waals surface area contributed by atoms with E-state index in [4.69, 9.17) is 9.47 Å². The molecule has 186 valence electrons. The molecule has 1 aromatic carbocycles. The lowest BCUT2D eigenvalue weighted by atomic mass is 10.2. The summed E-state index contributed by atoms with van der Waals surface area (Å²) in [4.78, 5) is 24.8. The highest BCUT2D eigenvalue weighted by molar-refractivity contribution is 7.90. The highest BCUT2D eigenvalue weighted by Gasteiger charge is 2.26. The van der Waals surface area contributed by atoms with Crippen LogP contribution in [0.25, 0.3) is 0 Å². The van der Waals surface area contributed by atoms with Crippen LogP contribution in [0.2, 0.25) is 0 Å². The molecule has 0 unspecified atom stereocenters. The summed E-state index contributed by atoms with van der Waals surface area (Å²) in [7, 11) is -3.51. The lowest BCUT2D eigenvalue weighted by Gasteiger charge is -2.26. The van der Waals surface area contributed by atoms with E-state index >= 15 is 0 Å². The molecule has 10 nitrogen and oxygen atoms in total. The quantitative estimate of drug-likeness (QED) is 0.427. The molecular weight excluding hydrogens is 486 g/mol. The number of carbonyl (C=O) groups is 1. The normalized spacial score (nSPS) is 11.9. The molecule has 0 fully saturated rings. The Balaban J connectivity index is 1.92. The number of sulfone groups is 1. The zero-order valence-electron chi connectivity index (χ0n) is 19.2. The van der Waals surface area contributed by atoms with Crippen LogP contribution >= 0.6 is 0 Å². The zero-order valence-corrected chi connectivity index (χ0v) is 20.0. The fourth-order valence-electron chi connectivity index (χ4n) is 2.77. The van der Waals surface area contributed by atoms with Crippen LogP contribution in [-0.2, 0) is 14.6 Å². The number of benzene rings is 1. The van der Waals surface area contributed by atoms with Gasteiger partial charge in [0.1, 0.15) is 17.2 Å².